The normalized spacial score (nSPS) is 13.8. The molecule has 0 aromatic heterocycles. The van der Waals surface area contributed by atoms with Crippen molar-refractivity contribution in [1.29, 1.82) is 0 Å². The number of benzene rings is 9. The van der Waals surface area contributed by atoms with Crippen LogP contribution in [-0.4, -0.2) is 0 Å². The van der Waals surface area contributed by atoms with Crippen molar-refractivity contribution in [3.63, 3.8) is 0 Å². The first kappa shape index (κ1) is 38.4. The van der Waals surface area contributed by atoms with Crippen LogP contribution in [0.3, 0.4) is 0 Å². The topological polar surface area (TPSA) is 3.24 Å². The summed E-state index contributed by atoms with van der Waals surface area (Å²) in [5.41, 5.74) is 18.8. The minimum Gasteiger partial charge on any atom is -0.310 e. The molecule has 1 nitrogen and oxygen atoms in total. The van der Waals surface area contributed by atoms with Gasteiger partial charge in [0.25, 0.3) is 0 Å². The molecular weight excluding hydrogens is 759 g/mol. The van der Waals surface area contributed by atoms with Crippen molar-refractivity contribution >= 4 is 29.2 Å². The molecule has 0 bridgehead atoms. The number of hydrogen-bond acceptors (Lipinski definition) is 1. The van der Waals surface area contributed by atoms with Gasteiger partial charge in [0.15, 0.2) is 0 Å². The molecule has 0 amide bonds. The second-order valence-corrected chi connectivity index (χ2v) is 17.2. The second-order valence-electron chi connectivity index (χ2n) is 17.2. The number of nitrogens with zero attached hydrogens (tertiary/aromatic N) is 1. The third kappa shape index (κ3) is 6.82. The molecule has 1 saturated carbocycles. The Hall–Kier alpha value is -7.48. The maximum Gasteiger partial charge on any atom is 0.0701 e. The van der Waals surface area contributed by atoms with Gasteiger partial charge in [-0.05, 0) is 116 Å². The number of rotatable bonds is 10. The van der Waals surface area contributed by atoms with E-state index in [1.54, 1.807) is 0 Å². The zero-order chi connectivity index (χ0) is 42.1. The van der Waals surface area contributed by atoms with E-state index in [-0.39, 0.29) is 5.41 Å². The smallest absolute Gasteiger partial charge is 0.0701 e. The lowest BCUT2D eigenvalue weighted by Gasteiger charge is -2.37. The summed E-state index contributed by atoms with van der Waals surface area (Å²) in [7, 11) is 0. The summed E-state index contributed by atoms with van der Waals surface area (Å²) < 4.78 is 0. The second kappa shape index (κ2) is 16.4. The molecule has 0 radical (unpaired) electrons. The van der Waals surface area contributed by atoms with Crippen molar-refractivity contribution < 1.29 is 0 Å². The Morgan fingerprint density at radius 1 is 0.349 bits per heavy atom. The Morgan fingerprint density at radius 2 is 0.746 bits per heavy atom. The fourth-order valence-electron chi connectivity index (χ4n) is 10.8. The molecule has 1 spiro atoms. The quantitative estimate of drug-likeness (QED) is 0.0983. The molecule has 11 rings (SSSR count). The Labute approximate surface area is 372 Å². The molecule has 9 aromatic carbocycles. The summed E-state index contributed by atoms with van der Waals surface area (Å²) in [6.45, 7) is 0. The van der Waals surface area contributed by atoms with Gasteiger partial charge in [-0.25, -0.2) is 0 Å². The van der Waals surface area contributed by atoms with Crippen LogP contribution in [0.15, 0.2) is 237 Å². The summed E-state index contributed by atoms with van der Waals surface area (Å²) in [6.07, 6.45) is 9.45. The van der Waals surface area contributed by atoms with Crippen LogP contribution in [0.5, 0.6) is 0 Å². The van der Waals surface area contributed by atoms with Crippen LogP contribution < -0.4 is 4.90 Å². The Morgan fingerprint density at radius 3 is 1.25 bits per heavy atom. The molecule has 2 aliphatic rings. The van der Waals surface area contributed by atoms with E-state index in [4.69, 9.17) is 0 Å². The molecule has 2 aliphatic carbocycles. The van der Waals surface area contributed by atoms with E-state index in [0.717, 1.165) is 0 Å². The molecule has 0 saturated heterocycles. The van der Waals surface area contributed by atoms with Gasteiger partial charge in [-0.1, -0.05) is 225 Å². The predicted molar refractivity (Wildman–Crippen MR) is 265 cm³/mol. The zero-order valence-corrected chi connectivity index (χ0v) is 35.4. The average Bonchev–Trinajstić information content (AvgIpc) is 3.96. The Bertz CT molecular complexity index is 2870. The SMILES string of the molecule is C(=C\c1ccc2c(c1)C1(CCCC1)c1cc(N(c3ccccc3)c3ccccc3)ccc1-2)/c1ccc(-c2ccc(C(c3ccccc3)(c3ccccc3)c3ccccc3)cc2)cc1. The standard InChI is InChI=1S/C62H49N/c1-6-18-50(19-7-1)62(51-20-8-2-9-21-51,52-22-10-3-11-23-52)53-37-35-49(36-38-53)48-33-30-46(31-34-48)28-29-47-32-40-57-58-41-39-56(45-60(58)61(59(57)44-47)42-16-17-43-61)63(54-24-12-4-13-25-54)55-26-14-5-15-27-55/h1-15,18-41,44-45H,16-17,42-43H2/b29-28+. The highest BCUT2D eigenvalue weighted by Gasteiger charge is 2.45. The number of fused-ring (bicyclic) bond motifs is 5. The van der Waals surface area contributed by atoms with Crippen molar-refractivity contribution in [1.82, 2.24) is 0 Å². The Kier molecular flexibility index (Phi) is 10.0. The van der Waals surface area contributed by atoms with Crippen LogP contribution in [0.1, 0.15) is 70.2 Å². The maximum atomic E-state index is 2.50. The van der Waals surface area contributed by atoms with Gasteiger partial charge in [0.05, 0.1) is 5.41 Å². The minimum absolute atomic E-state index is 0.0454. The van der Waals surface area contributed by atoms with Gasteiger partial charge in [0.2, 0.25) is 0 Å². The van der Waals surface area contributed by atoms with Crippen LogP contribution in [-0.2, 0) is 10.8 Å². The molecule has 9 aromatic rings. The maximum absolute atomic E-state index is 2.50. The predicted octanol–water partition coefficient (Wildman–Crippen LogP) is 16.2. The minimum atomic E-state index is -0.455. The summed E-state index contributed by atoms with van der Waals surface area (Å²) >= 11 is 0. The van der Waals surface area contributed by atoms with Crippen LogP contribution in [0, 0.1) is 0 Å². The van der Waals surface area contributed by atoms with E-state index in [0.29, 0.717) is 0 Å². The lowest BCUT2D eigenvalue weighted by atomic mass is 9.65. The molecule has 63 heavy (non-hydrogen) atoms. The third-order valence-electron chi connectivity index (χ3n) is 13.8. The number of anilines is 3. The largest absolute Gasteiger partial charge is 0.310 e. The van der Waals surface area contributed by atoms with Crippen molar-refractivity contribution in [2.75, 3.05) is 4.90 Å². The molecule has 1 heteroatoms. The Balaban J connectivity index is 0.876. The molecule has 0 atom stereocenters. The summed E-state index contributed by atoms with van der Waals surface area (Å²) in [5, 5.41) is 0. The highest BCUT2D eigenvalue weighted by Crippen LogP contribution is 2.58. The number of hydrogen-bond donors (Lipinski definition) is 0. The van der Waals surface area contributed by atoms with E-state index >= 15 is 0 Å². The number of para-hydroxylation sites is 2. The lowest BCUT2D eigenvalue weighted by Crippen LogP contribution is -2.30. The average molecular weight is 808 g/mol. The first-order valence-electron chi connectivity index (χ1n) is 22.5. The molecule has 0 heterocycles. The molecule has 0 unspecified atom stereocenters. The summed E-state index contributed by atoms with van der Waals surface area (Å²) in [4.78, 5) is 2.40. The van der Waals surface area contributed by atoms with E-state index in [9.17, 15) is 0 Å². The molecule has 0 N–H and O–H groups in total. The van der Waals surface area contributed by atoms with Crippen LogP contribution in [0.25, 0.3) is 34.4 Å². The van der Waals surface area contributed by atoms with E-state index in [2.05, 4.69) is 254 Å². The lowest BCUT2D eigenvalue weighted by molar-refractivity contribution is 0.550. The molecule has 1 fully saturated rings. The van der Waals surface area contributed by atoms with Gasteiger partial charge in [-0.15, -0.1) is 0 Å². The van der Waals surface area contributed by atoms with E-state index < -0.39 is 5.41 Å². The van der Waals surface area contributed by atoms with Crippen molar-refractivity contribution in [2.45, 2.75) is 36.5 Å². The molecule has 302 valence electrons. The molecular formula is C62H49N. The van der Waals surface area contributed by atoms with Gasteiger partial charge >= 0.3 is 0 Å². The van der Waals surface area contributed by atoms with Gasteiger partial charge in [-0.3, -0.25) is 0 Å². The summed E-state index contributed by atoms with van der Waals surface area (Å²) in [6, 6.07) is 86.9. The van der Waals surface area contributed by atoms with Crippen molar-refractivity contribution in [3.8, 4) is 22.3 Å². The van der Waals surface area contributed by atoms with Crippen molar-refractivity contribution in [3.05, 3.63) is 281 Å². The molecule has 0 aliphatic heterocycles. The first-order chi connectivity index (χ1) is 31.2. The van der Waals surface area contributed by atoms with Gasteiger partial charge in [-0.2, -0.15) is 0 Å². The van der Waals surface area contributed by atoms with Gasteiger partial charge in [0.1, 0.15) is 0 Å². The highest BCUT2D eigenvalue weighted by atomic mass is 15.1. The van der Waals surface area contributed by atoms with E-state index in [1.807, 2.05) is 0 Å². The van der Waals surface area contributed by atoms with Crippen LogP contribution in [0.4, 0.5) is 17.1 Å². The first-order valence-corrected chi connectivity index (χ1v) is 22.5. The highest BCUT2D eigenvalue weighted by molar-refractivity contribution is 5.87. The van der Waals surface area contributed by atoms with Crippen molar-refractivity contribution in [2.24, 2.45) is 0 Å². The van der Waals surface area contributed by atoms with Gasteiger partial charge < -0.3 is 4.90 Å². The third-order valence-corrected chi connectivity index (χ3v) is 13.8. The van der Waals surface area contributed by atoms with Crippen LogP contribution >= 0.6 is 0 Å². The fourth-order valence-corrected chi connectivity index (χ4v) is 10.8. The zero-order valence-electron chi connectivity index (χ0n) is 35.4. The van der Waals surface area contributed by atoms with Gasteiger partial charge in [0, 0.05) is 22.5 Å². The fraction of sp³-hybridized carbons (Fsp3) is 0.0968. The summed E-state index contributed by atoms with van der Waals surface area (Å²) in [5.74, 6) is 0. The van der Waals surface area contributed by atoms with Crippen LogP contribution in [0.2, 0.25) is 0 Å². The monoisotopic (exact) mass is 807 g/mol. The van der Waals surface area contributed by atoms with E-state index in [1.165, 1.54) is 110 Å².